The summed E-state index contributed by atoms with van der Waals surface area (Å²) in [6, 6.07) is 12.6. The molecular formula is C22H24N4O. The maximum atomic E-state index is 9.83. The van der Waals surface area contributed by atoms with Crippen molar-refractivity contribution in [3.63, 3.8) is 0 Å². The fourth-order valence-electron chi connectivity index (χ4n) is 3.46. The first kappa shape index (κ1) is 17.6. The lowest BCUT2D eigenvalue weighted by molar-refractivity contribution is 0.425. The number of benzene rings is 2. The van der Waals surface area contributed by atoms with Crippen molar-refractivity contribution in [2.45, 2.75) is 25.7 Å². The number of hydrogen-bond donors (Lipinski definition) is 1. The number of nitriles is 1. The van der Waals surface area contributed by atoms with Crippen LogP contribution in [-0.2, 0) is 0 Å². The highest BCUT2D eigenvalue weighted by Gasteiger charge is 2.31. The van der Waals surface area contributed by atoms with Gasteiger partial charge in [0, 0.05) is 24.6 Å². The number of oxazole rings is 1. The van der Waals surface area contributed by atoms with E-state index in [1.807, 2.05) is 25.1 Å². The SMILES string of the molecule is Cc1c(-c2ccccc2)c(NCCN(C)C)c2oc(C3CC3)nc2c1C#N. The molecule has 0 unspecified atom stereocenters. The number of rotatable bonds is 6. The second-order valence-electron chi connectivity index (χ2n) is 7.46. The Morgan fingerprint density at radius 2 is 2.00 bits per heavy atom. The van der Waals surface area contributed by atoms with Gasteiger partial charge in [-0.2, -0.15) is 5.26 Å². The molecule has 4 rings (SSSR count). The average Bonchev–Trinajstić information content (AvgIpc) is 3.42. The van der Waals surface area contributed by atoms with Crippen LogP contribution < -0.4 is 5.32 Å². The Morgan fingerprint density at radius 1 is 1.26 bits per heavy atom. The fraction of sp³-hybridized carbons (Fsp3) is 0.364. The van der Waals surface area contributed by atoms with Crippen molar-refractivity contribution in [3.8, 4) is 17.2 Å². The van der Waals surface area contributed by atoms with E-state index in [0.717, 1.165) is 54.2 Å². The maximum absolute atomic E-state index is 9.83. The summed E-state index contributed by atoms with van der Waals surface area (Å²) in [5, 5.41) is 13.4. The summed E-state index contributed by atoms with van der Waals surface area (Å²) in [7, 11) is 4.11. The monoisotopic (exact) mass is 360 g/mol. The molecule has 1 N–H and O–H groups in total. The van der Waals surface area contributed by atoms with E-state index in [1.54, 1.807) is 0 Å². The minimum atomic E-state index is 0.402. The molecule has 1 aliphatic carbocycles. The molecule has 27 heavy (non-hydrogen) atoms. The second kappa shape index (κ2) is 7.05. The lowest BCUT2D eigenvalue weighted by atomic mass is 9.93. The van der Waals surface area contributed by atoms with Gasteiger partial charge < -0.3 is 14.6 Å². The van der Waals surface area contributed by atoms with Crippen LogP contribution in [0, 0.1) is 18.3 Å². The zero-order valence-corrected chi connectivity index (χ0v) is 16.0. The van der Waals surface area contributed by atoms with Gasteiger partial charge in [0.15, 0.2) is 11.5 Å². The minimum absolute atomic E-state index is 0.402. The molecule has 0 spiro atoms. The number of likely N-dealkylation sites (N-methyl/N-ethyl adjacent to an activating group) is 1. The van der Waals surface area contributed by atoms with Gasteiger partial charge in [-0.25, -0.2) is 4.98 Å². The summed E-state index contributed by atoms with van der Waals surface area (Å²) in [5.41, 5.74) is 5.98. The fourth-order valence-corrected chi connectivity index (χ4v) is 3.46. The van der Waals surface area contributed by atoms with Crippen LogP contribution in [0.5, 0.6) is 0 Å². The van der Waals surface area contributed by atoms with Crippen molar-refractivity contribution in [2.24, 2.45) is 0 Å². The molecule has 0 amide bonds. The predicted octanol–water partition coefficient (Wildman–Crippen LogP) is 4.53. The molecule has 3 aromatic rings. The van der Waals surface area contributed by atoms with Gasteiger partial charge in [0.25, 0.3) is 0 Å². The topological polar surface area (TPSA) is 65.1 Å². The van der Waals surface area contributed by atoms with E-state index in [4.69, 9.17) is 9.40 Å². The molecule has 5 nitrogen and oxygen atoms in total. The summed E-state index contributed by atoms with van der Waals surface area (Å²) in [5.74, 6) is 1.17. The molecule has 2 aromatic carbocycles. The largest absolute Gasteiger partial charge is 0.438 e. The van der Waals surface area contributed by atoms with Crippen LogP contribution in [0.4, 0.5) is 5.69 Å². The summed E-state index contributed by atoms with van der Waals surface area (Å²) in [6.45, 7) is 3.69. The van der Waals surface area contributed by atoms with Crippen LogP contribution in [0.3, 0.4) is 0 Å². The van der Waals surface area contributed by atoms with Gasteiger partial charge >= 0.3 is 0 Å². The maximum Gasteiger partial charge on any atom is 0.198 e. The highest BCUT2D eigenvalue weighted by molar-refractivity contribution is 6.01. The number of hydrogen-bond acceptors (Lipinski definition) is 5. The molecule has 1 aliphatic rings. The first-order valence-electron chi connectivity index (χ1n) is 9.41. The van der Waals surface area contributed by atoms with Crippen LogP contribution >= 0.6 is 0 Å². The Kier molecular flexibility index (Phi) is 4.59. The number of fused-ring (bicyclic) bond motifs is 1. The van der Waals surface area contributed by atoms with Gasteiger partial charge in [0.1, 0.15) is 11.6 Å². The number of nitrogens with one attached hydrogen (secondary N) is 1. The van der Waals surface area contributed by atoms with Crippen molar-refractivity contribution in [3.05, 3.63) is 47.3 Å². The quantitative estimate of drug-likeness (QED) is 0.700. The summed E-state index contributed by atoms with van der Waals surface area (Å²) >= 11 is 0. The molecular weight excluding hydrogens is 336 g/mol. The highest BCUT2D eigenvalue weighted by atomic mass is 16.3. The van der Waals surface area contributed by atoms with Crippen LogP contribution in [0.1, 0.15) is 35.8 Å². The zero-order chi connectivity index (χ0) is 19.0. The average molecular weight is 360 g/mol. The molecule has 1 saturated carbocycles. The molecule has 1 heterocycles. The molecule has 5 heteroatoms. The molecule has 0 aliphatic heterocycles. The third-order valence-corrected chi connectivity index (χ3v) is 5.07. The van der Waals surface area contributed by atoms with Crippen LogP contribution in [0.15, 0.2) is 34.7 Å². The predicted molar refractivity (Wildman–Crippen MR) is 108 cm³/mol. The van der Waals surface area contributed by atoms with Gasteiger partial charge in [0.2, 0.25) is 0 Å². The van der Waals surface area contributed by atoms with E-state index in [0.29, 0.717) is 22.6 Å². The van der Waals surface area contributed by atoms with Gasteiger partial charge in [-0.15, -0.1) is 0 Å². The van der Waals surface area contributed by atoms with Crippen molar-refractivity contribution in [1.82, 2.24) is 9.88 Å². The van der Waals surface area contributed by atoms with E-state index >= 15 is 0 Å². The van der Waals surface area contributed by atoms with E-state index in [2.05, 4.69) is 42.5 Å². The summed E-state index contributed by atoms with van der Waals surface area (Å²) < 4.78 is 6.20. The first-order valence-corrected chi connectivity index (χ1v) is 9.41. The van der Waals surface area contributed by atoms with E-state index in [-0.39, 0.29) is 0 Å². The number of nitrogens with zero attached hydrogens (tertiary/aromatic N) is 3. The Balaban J connectivity index is 1.94. The lowest BCUT2D eigenvalue weighted by Crippen LogP contribution is -2.21. The third-order valence-electron chi connectivity index (χ3n) is 5.07. The molecule has 138 valence electrons. The van der Waals surface area contributed by atoms with Crippen LogP contribution in [0.2, 0.25) is 0 Å². The van der Waals surface area contributed by atoms with Crippen molar-refractivity contribution in [1.29, 1.82) is 5.26 Å². The highest BCUT2D eigenvalue weighted by Crippen LogP contribution is 2.45. The van der Waals surface area contributed by atoms with Crippen molar-refractivity contribution in [2.75, 3.05) is 32.5 Å². The Hall–Kier alpha value is -2.84. The summed E-state index contributed by atoms with van der Waals surface area (Å²) in [4.78, 5) is 6.84. The van der Waals surface area contributed by atoms with E-state index < -0.39 is 0 Å². The lowest BCUT2D eigenvalue weighted by Gasteiger charge is -2.18. The third kappa shape index (κ3) is 3.29. The van der Waals surface area contributed by atoms with Crippen LogP contribution in [0.25, 0.3) is 22.2 Å². The normalized spacial score (nSPS) is 13.9. The molecule has 0 saturated heterocycles. The second-order valence-corrected chi connectivity index (χ2v) is 7.46. The van der Waals surface area contributed by atoms with Gasteiger partial charge in [-0.3, -0.25) is 0 Å². The Bertz CT molecular complexity index is 1010. The molecule has 1 aromatic heterocycles. The van der Waals surface area contributed by atoms with Gasteiger partial charge in [-0.05, 0) is 45.0 Å². The molecule has 1 fully saturated rings. The van der Waals surface area contributed by atoms with Crippen LogP contribution in [-0.4, -0.2) is 37.1 Å². The standard InChI is InChI=1S/C22H24N4O/c1-14-17(13-23)19-21(27-22(25-19)16-9-10-16)20(24-11-12-26(2)3)18(14)15-7-5-4-6-8-15/h4-8,16,24H,9-12H2,1-3H3. The molecule has 0 atom stereocenters. The zero-order valence-electron chi connectivity index (χ0n) is 16.0. The van der Waals surface area contributed by atoms with E-state index in [9.17, 15) is 5.26 Å². The number of anilines is 1. The molecule has 0 radical (unpaired) electrons. The van der Waals surface area contributed by atoms with E-state index in [1.165, 1.54) is 0 Å². The summed E-state index contributed by atoms with van der Waals surface area (Å²) in [6.07, 6.45) is 2.23. The van der Waals surface area contributed by atoms with Gasteiger partial charge in [0.05, 0.1) is 11.3 Å². The van der Waals surface area contributed by atoms with Gasteiger partial charge in [-0.1, -0.05) is 30.3 Å². The molecule has 0 bridgehead atoms. The van der Waals surface area contributed by atoms with Crippen molar-refractivity contribution < 1.29 is 4.42 Å². The minimum Gasteiger partial charge on any atom is -0.438 e. The smallest absolute Gasteiger partial charge is 0.198 e. The number of aromatic nitrogens is 1. The first-order chi connectivity index (χ1) is 13.1. The Morgan fingerprint density at radius 3 is 2.63 bits per heavy atom. The van der Waals surface area contributed by atoms with Crippen molar-refractivity contribution >= 4 is 16.8 Å². The Labute approximate surface area is 159 Å².